The first kappa shape index (κ1) is 13.4. The number of rotatable bonds is 6. The van der Waals surface area contributed by atoms with Gasteiger partial charge in [-0.25, -0.2) is 5.84 Å². The SMILES string of the molecule is CCC(CO)Nc1nc(NN)nc(N(C)C)n1. The monoisotopic (exact) mass is 241 g/mol. The molecule has 0 bridgehead atoms. The van der Waals surface area contributed by atoms with Crippen molar-refractivity contribution in [3.05, 3.63) is 0 Å². The van der Waals surface area contributed by atoms with Gasteiger partial charge in [-0.3, -0.25) is 5.43 Å². The molecule has 0 aliphatic heterocycles. The molecule has 0 radical (unpaired) electrons. The number of aromatic nitrogens is 3. The fourth-order valence-corrected chi connectivity index (χ4v) is 1.15. The molecule has 0 fully saturated rings. The van der Waals surface area contributed by atoms with Gasteiger partial charge in [0.25, 0.3) is 0 Å². The molecule has 8 nitrogen and oxygen atoms in total. The summed E-state index contributed by atoms with van der Waals surface area (Å²) in [6.07, 6.45) is 0.769. The molecule has 96 valence electrons. The minimum Gasteiger partial charge on any atom is -0.394 e. The number of anilines is 3. The minimum absolute atomic E-state index is 0.0187. The first-order chi connectivity index (χ1) is 8.10. The summed E-state index contributed by atoms with van der Waals surface area (Å²) >= 11 is 0. The standard InChI is InChI=1S/C9H19N7O/c1-4-6(5-17)11-7-12-8(15-10)14-9(13-7)16(2)3/h6,17H,4-5,10H2,1-3H3,(H2,11,12,13,14,15). The van der Waals surface area contributed by atoms with Crippen molar-refractivity contribution in [1.29, 1.82) is 0 Å². The number of hydrogen-bond acceptors (Lipinski definition) is 8. The molecule has 1 rings (SSSR count). The van der Waals surface area contributed by atoms with Crippen LogP contribution in [-0.4, -0.2) is 46.8 Å². The smallest absolute Gasteiger partial charge is 0.243 e. The molecule has 0 amide bonds. The van der Waals surface area contributed by atoms with Gasteiger partial charge in [-0.1, -0.05) is 6.92 Å². The van der Waals surface area contributed by atoms with E-state index in [9.17, 15) is 0 Å². The van der Waals surface area contributed by atoms with Crippen molar-refractivity contribution >= 4 is 17.8 Å². The molecular weight excluding hydrogens is 222 g/mol. The van der Waals surface area contributed by atoms with E-state index in [0.717, 1.165) is 6.42 Å². The topological polar surface area (TPSA) is 112 Å². The summed E-state index contributed by atoms with van der Waals surface area (Å²) in [6.45, 7) is 1.98. The van der Waals surface area contributed by atoms with Gasteiger partial charge < -0.3 is 15.3 Å². The summed E-state index contributed by atoms with van der Waals surface area (Å²) in [5, 5.41) is 12.1. The Bertz CT molecular complexity index is 353. The van der Waals surface area contributed by atoms with Crippen molar-refractivity contribution in [2.75, 3.05) is 36.3 Å². The summed E-state index contributed by atoms with van der Waals surface area (Å²) in [5.74, 6) is 6.44. The number of hydrogen-bond donors (Lipinski definition) is 4. The largest absolute Gasteiger partial charge is 0.394 e. The van der Waals surface area contributed by atoms with Crippen LogP contribution in [0.4, 0.5) is 17.8 Å². The lowest BCUT2D eigenvalue weighted by Crippen LogP contribution is -2.26. The highest BCUT2D eigenvalue weighted by atomic mass is 16.3. The Morgan fingerprint density at radius 1 is 1.29 bits per heavy atom. The van der Waals surface area contributed by atoms with Crippen LogP contribution in [0.5, 0.6) is 0 Å². The summed E-state index contributed by atoms with van der Waals surface area (Å²) in [7, 11) is 3.64. The summed E-state index contributed by atoms with van der Waals surface area (Å²) < 4.78 is 0. The van der Waals surface area contributed by atoms with Gasteiger partial charge in [-0.2, -0.15) is 15.0 Å². The highest BCUT2D eigenvalue weighted by Crippen LogP contribution is 2.11. The Morgan fingerprint density at radius 2 is 1.94 bits per heavy atom. The number of nitrogens with one attached hydrogen (secondary N) is 2. The molecule has 1 heterocycles. The molecule has 0 aliphatic rings. The maximum Gasteiger partial charge on any atom is 0.243 e. The van der Waals surface area contributed by atoms with E-state index >= 15 is 0 Å². The predicted octanol–water partition coefficient (Wildman–Crippen LogP) is -0.594. The number of nitrogens with two attached hydrogens (primary N) is 1. The number of nitrogens with zero attached hydrogens (tertiary/aromatic N) is 4. The van der Waals surface area contributed by atoms with E-state index in [-0.39, 0.29) is 18.6 Å². The molecule has 0 saturated heterocycles. The van der Waals surface area contributed by atoms with Crippen LogP contribution in [-0.2, 0) is 0 Å². The van der Waals surface area contributed by atoms with Gasteiger partial charge >= 0.3 is 0 Å². The highest BCUT2D eigenvalue weighted by molar-refractivity contribution is 5.42. The normalized spacial score (nSPS) is 12.1. The van der Waals surface area contributed by atoms with Crippen LogP contribution in [0.25, 0.3) is 0 Å². The lowest BCUT2D eigenvalue weighted by Gasteiger charge is -2.16. The second-order valence-electron chi connectivity index (χ2n) is 3.75. The van der Waals surface area contributed by atoms with Crippen molar-refractivity contribution in [3.63, 3.8) is 0 Å². The van der Waals surface area contributed by atoms with Crippen LogP contribution in [0, 0.1) is 0 Å². The molecule has 0 aromatic carbocycles. The van der Waals surface area contributed by atoms with Gasteiger partial charge in [0.15, 0.2) is 0 Å². The van der Waals surface area contributed by atoms with Crippen molar-refractivity contribution < 1.29 is 5.11 Å². The number of aliphatic hydroxyl groups is 1. The first-order valence-corrected chi connectivity index (χ1v) is 5.38. The van der Waals surface area contributed by atoms with E-state index < -0.39 is 0 Å². The molecule has 8 heteroatoms. The summed E-state index contributed by atoms with van der Waals surface area (Å²) in [4.78, 5) is 14.1. The third-order valence-corrected chi connectivity index (χ3v) is 2.20. The molecule has 1 unspecified atom stereocenters. The van der Waals surface area contributed by atoms with E-state index in [0.29, 0.717) is 11.9 Å². The Kier molecular flexibility index (Phi) is 4.85. The highest BCUT2D eigenvalue weighted by Gasteiger charge is 2.10. The van der Waals surface area contributed by atoms with Crippen LogP contribution in [0.15, 0.2) is 0 Å². The van der Waals surface area contributed by atoms with E-state index in [1.165, 1.54) is 0 Å². The Labute approximate surface area is 100 Å². The minimum atomic E-state index is -0.0852. The van der Waals surface area contributed by atoms with E-state index in [1.54, 1.807) is 4.90 Å². The van der Waals surface area contributed by atoms with Crippen molar-refractivity contribution in [2.45, 2.75) is 19.4 Å². The second kappa shape index (κ2) is 6.16. The molecule has 0 saturated carbocycles. The van der Waals surface area contributed by atoms with Gasteiger partial charge in [0.2, 0.25) is 17.8 Å². The van der Waals surface area contributed by atoms with E-state index in [4.69, 9.17) is 10.9 Å². The Morgan fingerprint density at radius 3 is 2.41 bits per heavy atom. The zero-order valence-electron chi connectivity index (χ0n) is 10.3. The first-order valence-electron chi connectivity index (χ1n) is 5.38. The predicted molar refractivity (Wildman–Crippen MR) is 66.8 cm³/mol. The molecule has 0 aliphatic carbocycles. The number of hydrazine groups is 1. The van der Waals surface area contributed by atoms with Crippen LogP contribution >= 0.6 is 0 Å². The third-order valence-electron chi connectivity index (χ3n) is 2.20. The van der Waals surface area contributed by atoms with Crippen LogP contribution in [0.1, 0.15) is 13.3 Å². The lowest BCUT2D eigenvalue weighted by molar-refractivity contribution is 0.271. The maximum atomic E-state index is 9.11. The van der Waals surface area contributed by atoms with E-state index in [2.05, 4.69) is 25.7 Å². The summed E-state index contributed by atoms with van der Waals surface area (Å²) in [5.41, 5.74) is 2.38. The van der Waals surface area contributed by atoms with Gasteiger partial charge in [0.05, 0.1) is 12.6 Å². The van der Waals surface area contributed by atoms with Gasteiger partial charge in [-0.15, -0.1) is 0 Å². The zero-order chi connectivity index (χ0) is 12.8. The van der Waals surface area contributed by atoms with Gasteiger partial charge in [-0.05, 0) is 6.42 Å². The van der Waals surface area contributed by atoms with Gasteiger partial charge in [0.1, 0.15) is 0 Å². The Balaban J connectivity index is 2.94. The molecule has 5 N–H and O–H groups in total. The molecule has 1 aromatic heterocycles. The molecular formula is C9H19N7O. The van der Waals surface area contributed by atoms with Crippen molar-refractivity contribution in [1.82, 2.24) is 15.0 Å². The quantitative estimate of drug-likeness (QED) is 0.386. The number of nitrogen functional groups attached to an aromatic ring is 1. The average Bonchev–Trinajstić information content (AvgIpc) is 2.35. The molecule has 1 aromatic rings. The van der Waals surface area contributed by atoms with Crippen LogP contribution in [0.2, 0.25) is 0 Å². The lowest BCUT2D eigenvalue weighted by atomic mass is 10.2. The Hall–Kier alpha value is -1.67. The fourth-order valence-electron chi connectivity index (χ4n) is 1.15. The third kappa shape index (κ3) is 3.68. The summed E-state index contributed by atoms with van der Waals surface area (Å²) in [6, 6.07) is -0.0852. The van der Waals surface area contributed by atoms with Crippen LogP contribution in [0.3, 0.4) is 0 Å². The van der Waals surface area contributed by atoms with Gasteiger partial charge in [0, 0.05) is 14.1 Å². The molecule has 17 heavy (non-hydrogen) atoms. The zero-order valence-corrected chi connectivity index (χ0v) is 10.3. The average molecular weight is 241 g/mol. The second-order valence-corrected chi connectivity index (χ2v) is 3.75. The van der Waals surface area contributed by atoms with Crippen LogP contribution < -0.4 is 21.5 Å². The molecule has 1 atom stereocenters. The van der Waals surface area contributed by atoms with E-state index in [1.807, 2.05) is 21.0 Å². The van der Waals surface area contributed by atoms with Crippen molar-refractivity contribution in [2.24, 2.45) is 5.84 Å². The van der Waals surface area contributed by atoms with Crippen molar-refractivity contribution in [3.8, 4) is 0 Å². The fraction of sp³-hybridized carbons (Fsp3) is 0.667. The molecule has 0 spiro atoms. The maximum absolute atomic E-state index is 9.11. The number of aliphatic hydroxyl groups excluding tert-OH is 1.